The Hall–Kier alpha value is -1.79. The minimum atomic E-state index is 0.116. The maximum Gasteiger partial charge on any atom is 0.193 e. The van der Waals surface area contributed by atoms with Gasteiger partial charge in [0.15, 0.2) is 5.96 Å². The molecule has 2 aliphatic rings. The molecule has 1 aromatic rings. The first-order valence-electron chi connectivity index (χ1n) is 11.4. The molecule has 1 heterocycles. The van der Waals surface area contributed by atoms with Crippen LogP contribution in [0.1, 0.15) is 50.5 Å². The molecule has 6 nitrogen and oxygen atoms in total. The zero-order valence-corrected chi connectivity index (χ0v) is 19.0. The second kappa shape index (κ2) is 11.6. The van der Waals surface area contributed by atoms with Crippen molar-refractivity contribution < 1.29 is 14.2 Å². The number of para-hydroxylation sites is 1. The van der Waals surface area contributed by atoms with Crippen molar-refractivity contribution in [2.24, 2.45) is 4.99 Å². The van der Waals surface area contributed by atoms with E-state index < -0.39 is 0 Å². The number of ether oxygens (including phenoxy) is 3. The number of guanidine groups is 1. The van der Waals surface area contributed by atoms with Crippen LogP contribution in [-0.4, -0.2) is 71.1 Å². The number of piperidine rings is 1. The third-order valence-corrected chi connectivity index (χ3v) is 6.62. The predicted molar refractivity (Wildman–Crippen MR) is 122 cm³/mol. The molecule has 3 rings (SSSR count). The van der Waals surface area contributed by atoms with Gasteiger partial charge in [-0.3, -0.25) is 4.99 Å². The Labute approximate surface area is 182 Å². The minimum Gasteiger partial charge on any atom is -0.496 e. The van der Waals surface area contributed by atoms with Crippen LogP contribution in [0.25, 0.3) is 0 Å². The molecule has 0 amide bonds. The summed E-state index contributed by atoms with van der Waals surface area (Å²) in [6.45, 7) is 4.41. The lowest BCUT2D eigenvalue weighted by molar-refractivity contribution is 0.00986. The van der Waals surface area contributed by atoms with E-state index in [0.29, 0.717) is 6.10 Å². The van der Waals surface area contributed by atoms with E-state index in [1.54, 1.807) is 14.2 Å². The molecule has 1 aliphatic heterocycles. The maximum absolute atomic E-state index is 6.01. The molecule has 6 heteroatoms. The van der Waals surface area contributed by atoms with E-state index in [0.717, 1.165) is 63.8 Å². The van der Waals surface area contributed by atoms with E-state index >= 15 is 0 Å². The number of likely N-dealkylation sites (tertiary alicyclic amines) is 1. The van der Waals surface area contributed by atoms with Gasteiger partial charge in [0.05, 0.1) is 13.2 Å². The molecule has 1 N–H and O–H groups in total. The van der Waals surface area contributed by atoms with Gasteiger partial charge in [0.2, 0.25) is 0 Å². The van der Waals surface area contributed by atoms with E-state index in [-0.39, 0.29) is 5.41 Å². The van der Waals surface area contributed by atoms with Crippen LogP contribution in [0.3, 0.4) is 0 Å². The number of aliphatic imine (C=N–C) groups is 1. The summed E-state index contributed by atoms with van der Waals surface area (Å²) in [6, 6.07) is 8.51. The highest BCUT2D eigenvalue weighted by Crippen LogP contribution is 2.44. The number of rotatable bonds is 9. The van der Waals surface area contributed by atoms with Crippen molar-refractivity contribution in [3.63, 3.8) is 0 Å². The Morgan fingerprint density at radius 2 is 1.87 bits per heavy atom. The van der Waals surface area contributed by atoms with E-state index in [1.807, 2.05) is 7.05 Å². The van der Waals surface area contributed by atoms with E-state index in [9.17, 15) is 0 Å². The molecule has 0 aromatic heterocycles. The van der Waals surface area contributed by atoms with Gasteiger partial charge in [-0.15, -0.1) is 0 Å². The summed E-state index contributed by atoms with van der Waals surface area (Å²) in [5, 5.41) is 3.71. The number of benzene rings is 1. The van der Waals surface area contributed by atoms with Crippen LogP contribution in [0, 0.1) is 0 Å². The van der Waals surface area contributed by atoms with Gasteiger partial charge in [0.25, 0.3) is 0 Å². The number of nitrogens with one attached hydrogen (secondary N) is 1. The van der Waals surface area contributed by atoms with E-state index in [2.05, 4.69) is 39.5 Å². The van der Waals surface area contributed by atoms with Crippen LogP contribution < -0.4 is 10.1 Å². The van der Waals surface area contributed by atoms with Gasteiger partial charge < -0.3 is 24.4 Å². The fourth-order valence-corrected chi connectivity index (χ4v) is 4.94. The lowest BCUT2D eigenvalue weighted by Crippen LogP contribution is -2.50. The predicted octanol–water partition coefficient (Wildman–Crippen LogP) is 3.60. The Balaban J connectivity index is 1.56. The van der Waals surface area contributed by atoms with Crippen molar-refractivity contribution in [1.29, 1.82) is 0 Å². The van der Waals surface area contributed by atoms with Gasteiger partial charge in [0.1, 0.15) is 5.75 Å². The monoisotopic (exact) mass is 417 g/mol. The van der Waals surface area contributed by atoms with Crippen molar-refractivity contribution in [3.05, 3.63) is 29.8 Å². The molecule has 0 bridgehead atoms. The molecule has 0 unspecified atom stereocenters. The average Bonchev–Trinajstić information content (AvgIpc) is 3.28. The van der Waals surface area contributed by atoms with Crippen molar-refractivity contribution in [3.8, 4) is 5.75 Å². The second-order valence-corrected chi connectivity index (χ2v) is 8.49. The van der Waals surface area contributed by atoms with Crippen LogP contribution >= 0.6 is 0 Å². The highest BCUT2D eigenvalue weighted by atomic mass is 16.5. The molecule has 1 aliphatic carbocycles. The number of hydrogen-bond acceptors (Lipinski definition) is 4. The summed E-state index contributed by atoms with van der Waals surface area (Å²) in [4.78, 5) is 6.97. The molecule has 0 spiro atoms. The Morgan fingerprint density at radius 1 is 1.13 bits per heavy atom. The SMILES string of the molecule is CN=C(NCC1(c2ccccc2OC)CCCC1)N1CCC(OCCCOC)CC1. The first-order chi connectivity index (χ1) is 14.7. The lowest BCUT2D eigenvalue weighted by atomic mass is 9.78. The number of methoxy groups -OCH3 is 2. The van der Waals surface area contributed by atoms with Gasteiger partial charge in [-0.1, -0.05) is 31.0 Å². The third kappa shape index (κ3) is 5.67. The summed E-state index contributed by atoms with van der Waals surface area (Å²) in [5.74, 6) is 2.01. The Morgan fingerprint density at radius 3 is 2.53 bits per heavy atom. The molecule has 1 saturated heterocycles. The minimum absolute atomic E-state index is 0.116. The first kappa shape index (κ1) is 22.9. The van der Waals surface area contributed by atoms with Crippen molar-refractivity contribution in [2.75, 3.05) is 54.1 Å². The van der Waals surface area contributed by atoms with Crippen molar-refractivity contribution in [2.45, 2.75) is 56.5 Å². The van der Waals surface area contributed by atoms with Crippen LogP contribution in [0.15, 0.2) is 29.3 Å². The van der Waals surface area contributed by atoms with Crippen LogP contribution in [-0.2, 0) is 14.9 Å². The van der Waals surface area contributed by atoms with Gasteiger partial charge >= 0.3 is 0 Å². The smallest absolute Gasteiger partial charge is 0.193 e. The summed E-state index contributed by atoms with van der Waals surface area (Å²) in [6.07, 6.45) is 8.32. The normalized spacial score (nSPS) is 19.8. The molecule has 0 atom stereocenters. The molecular formula is C24H39N3O3. The van der Waals surface area contributed by atoms with Crippen LogP contribution in [0.2, 0.25) is 0 Å². The topological polar surface area (TPSA) is 55.3 Å². The average molecular weight is 418 g/mol. The lowest BCUT2D eigenvalue weighted by Gasteiger charge is -2.37. The van der Waals surface area contributed by atoms with Gasteiger partial charge in [0, 0.05) is 58.0 Å². The van der Waals surface area contributed by atoms with Crippen molar-refractivity contribution >= 4 is 5.96 Å². The third-order valence-electron chi connectivity index (χ3n) is 6.62. The second-order valence-electron chi connectivity index (χ2n) is 8.49. The van der Waals surface area contributed by atoms with Crippen molar-refractivity contribution in [1.82, 2.24) is 10.2 Å². The molecule has 0 radical (unpaired) electrons. The summed E-state index contributed by atoms with van der Waals surface area (Å²) >= 11 is 0. The zero-order chi connectivity index (χ0) is 21.2. The number of hydrogen-bond donors (Lipinski definition) is 1. The Bertz CT molecular complexity index is 665. The largest absolute Gasteiger partial charge is 0.496 e. The molecule has 1 aromatic carbocycles. The highest BCUT2D eigenvalue weighted by Gasteiger charge is 2.38. The summed E-state index contributed by atoms with van der Waals surface area (Å²) < 4.78 is 16.8. The van der Waals surface area contributed by atoms with E-state index in [1.165, 1.54) is 31.2 Å². The maximum atomic E-state index is 6.01. The molecular weight excluding hydrogens is 378 g/mol. The molecule has 168 valence electrons. The first-order valence-corrected chi connectivity index (χ1v) is 11.4. The molecule has 30 heavy (non-hydrogen) atoms. The van der Waals surface area contributed by atoms with Crippen LogP contribution in [0.5, 0.6) is 5.75 Å². The van der Waals surface area contributed by atoms with Gasteiger partial charge in [-0.2, -0.15) is 0 Å². The fraction of sp³-hybridized carbons (Fsp3) is 0.708. The molecule has 2 fully saturated rings. The summed E-state index contributed by atoms with van der Waals surface area (Å²) in [5.41, 5.74) is 1.45. The summed E-state index contributed by atoms with van der Waals surface area (Å²) in [7, 11) is 5.40. The zero-order valence-electron chi connectivity index (χ0n) is 19.0. The van der Waals surface area contributed by atoms with E-state index in [4.69, 9.17) is 14.2 Å². The highest BCUT2D eigenvalue weighted by molar-refractivity contribution is 5.80. The fourth-order valence-electron chi connectivity index (χ4n) is 4.94. The molecule has 1 saturated carbocycles. The standard InChI is InChI=1S/C24H39N3O3/c1-25-23(27-15-11-20(12-16-27)30-18-8-17-28-2)26-19-24(13-6-7-14-24)21-9-4-5-10-22(21)29-3/h4-5,9-10,20H,6-8,11-19H2,1-3H3,(H,25,26). The Kier molecular flexibility index (Phi) is 8.82. The van der Waals surface area contributed by atoms with Crippen LogP contribution in [0.4, 0.5) is 0 Å². The van der Waals surface area contributed by atoms with Gasteiger partial charge in [-0.25, -0.2) is 0 Å². The quantitative estimate of drug-likeness (QED) is 0.378. The number of nitrogens with zero attached hydrogens (tertiary/aromatic N) is 2. The van der Waals surface area contributed by atoms with Gasteiger partial charge in [-0.05, 0) is 38.2 Å².